The highest BCUT2D eigenvalue weighted by Gasteiger charge is 2.23. The molecule has 4 heteroatoms. The van der Waals surface area contributed by atoms with Crippen LogP contribution in [0.1, 0.15) is 42.7 Å². The molecule has 110 valence electrons. The number of carbonyl (C=O) groups excluding carboxylic acids is 1. The molecule has 2 rings (SSSR count). The Bertz CT molecular complexity index is 436. The Morgan fingerprint density at radius 2 is 2.10 bits per heavy atom. The van der Waals surface area contributed by atoms with E-state index in [0.29, 0.717) is 11.5 Å². The second kappa shape index (κ2) is 6.84. The lowest BCUT2D eigenvalue weighted by atomic mass is 9.96. The second-order valence-corrected chi connectivity index (χ2v) is 5.93. The molecule has 0 atom stereocenters. The summed E-state index contributed by atoms with van der Waals surface area (Å²) >= 11 is 0. The number of nitrogens with one attached hydrogen (secondary N) is 1. The van der Waals surface area contributed by atoms with E-state index in [1.165, 1.54) is 0 Å². The number of hydrogen-bond donors (Lipinski definition) is 1. The molecule has 0 bridgehead atoms. The van der Waals surface area contributed by atoms with Crippen molar-refractivity contribution in [2.24, 2.45) is 5.92 Å². The van der Waals surface area contributed by atoms with Crippen LogP contribution in [-0.4, -0.2) is 41.5 Å². The summed E-state index contributed by atoms with van der Waals surface area (Å²) in [5.74, 6) is 0.715. The third kappa shape index (κ3) is 3.79. The third-order valence-corrected chi connectivity index (χ3v) is 3.96. The van der Waals surface area contributed by atoms with Crippen molar-refractivity contribution in [3.05, 3.63) is 29.6 Å². The molecule has 1 aliphatic heterocycles. The highest BCUT2D eigenvalue weighted by atomic mass is 16.2. The van der Waals surface area contributed by atoms with Gasteiger partial charge in [-0.1, -0.05) is 0 Å². The molecule has 20 heavy (non-hydrogen) atoms. The van der Waals surface area contributed by atoms with Crippen molar-refractivity contribution in [1.29, 1.82) is 0 Å². The van der Waals surface area contributed by atoms with Crippen LogP contribution in [0, 0.1) is 12.8 Å². The van der Waals surface area contributed by atoms with E-state index in [-0.39, 0.29) is 11.9 Å². The van der Waals surface area contributed by atoms with Gasteiger partial charge in [0.1, 0.15) is 0 Å². The quantitative estimate of drug-likeness (QED) is 0.916. The molecule has 0 unspecified atom stereocenters. The zero-order chi connectivity index (χ0) is 14.5. The van der Waals surface area contributed by atoms with E-state index in [4.69, 9.17) is 0 Å². The fraction of sp³-hybridized carbons (Fsp3) is 0.625. The third-order valence-electron chi connectivity index (χ3n) is 3.96. The van der Waals surface area contributed by atoms with Gasteiger partial charge < -0.3 is 10.2 Å². The predicted molar refractivity (Wildman–Crippen MR) is 80.7 cm³/mol. The number of aromatic nitrogens is 1. The molecule has 1 aromatic rings. The van der Waals surface area contributed by atoms with Crippen molar-refractivity contribution in [1.82, 2.24) is 15.2 Å². The molecular weight excluding hydrogens is 250 g/mol. The lowest BCUT2D eigenvalue weighted by Gasteiger charge is -2.33. The topological polar surface area (TPSA) is 45.2 Å². The van der Waals surface area contributed by atoms with Gasteiger partial charge in [-0.25, -0.2) is 0 Å². The zero-order valence-electron chi connectivity index (χ0n) is 12.7. The largest absolute Gasteiger partial charge is 0.336 e. The van der Waals surface area contributed by atoms with Gasteiger partial charge in [-0.05, 0) is 64.8 Å². The lowest BCUT2D eigenvalue weighted by Crippen LogP contribution is -2.43. The number of hydrogen-bond acceptors (Lipinski definition) is 3. The molecule has 1 N–H and O–H groups in total. The second-order valence-electron chi connectivity index (χ2n) is 5.93. The van der Waals surface area contributed by atoms with Gasteiger partial charge in [-0.2, -0.15) is 0 Å². The van der Waals surface area contributed by atoms with Crippen LogP contribution >= 0.6 is 0 Å². The minimum Gasteiger partial charge on any atom is -0.336 e. The molecular formula is C16H25N3O. The molecule has 0 spiro atoms. The average Bonchev–Trinajstić information content (AvgIpc) is 2.45. The maximum absolute atomic E-state index is 12.6. The number of carbonyl (C=O) groups is 1. The van der Waals surface area contributed by atoms with E-state index in [1.54, 1.807) is 6.20 Å². The first kappa shape index (κ1) is 15.0. The minimum atomic E-state index is 0.103. The SMILES string of the molecule is Cc1ccc(C(=O)N(CC2CCNCC2)C(C)C)cn1. The van der Waals surface area contributed by atoms with Gasteiger partial charge in [0.15, 0.2) is 0 Å². The average molecular weight is 275 g/mol. The number of aryl methyl sites for hydroxylation is 1. The van der Waals surface area contributed by atoms with Crippen molar-refractivity contribution in [3.63, 3.8) is 0 Å². The molecule has 1 aliphatic rings. The van der Waals surface area contributed by atoms with Crippen molar-refractivity contribution < 1.29 is 4.79 Å². The van der Waals surface area contributed by atoms with Crippen molar-refractivity contribution >= 4 is 5.91 Å². The van der Waals surface area contributed by atoms with Crippen LogP contribution in [0.15, 0.2) is 18.3 Å². The number of rotatable bonds is 4. The van der Waals surface area contributed by atoms with E-state index in [2.05, 4.69) is 24.1 Å². The van der Waals surface area contributed by atoms with Gasteiger partial charge in [0, 0.05) is 24.5 Å². The predicted octanol–water partition coefficient (Wildman–Crippen LogP) is 2.24. The van der Waals surface area contributed by atoms with Gasteiger partial charge in [-0.15, -0.1) is 0 Å². The van der Waals surface area contributed by atoms with Crippen LogP contribution in [-0.2, 0) is 0 Å². The summed E-state index contributed by atoms with van der Waals surface area (Å²) in [6, 6.07) is 4.00. The normalized spacial score (nSPS) is 16.4. The Kier molecular flexibility index (Phi) is 5.12. The van der Waals surface area contributed by atoms with Crippen LogP contribution < -0.4 is 5.32 Å². The van der Waals surface area contributed by atoms with Gasteiger partial charge >= 0.3 is 0 Å². The summed E-state index contributed by atoms with van der Waals surface area (Å²) in [5, 5.41) is 3.37. The highest BCUT2D eigenvalue weighted by molar-refractivity contribution is 5.94. The minimum absolute atomic E-state index is 0.103. The van der Waals surface area contributed by atoms with Crippen LogP contribution in [0.2, 0.25) is 0 Å². The van der Waals surface area contributed by atoms with Crippen LogP contribution in [0.5, 0.6) is 0 Å². The molecule has 0 saturated carbocycles. The van der Waals surface area contributed by atoms with Gasteiger partial charge in [-0.3, -0.25) is 9.78 Å². The summed E-state index contributed by atoms with van der Waals surface area (Å²) < 4.78 is 0. The molecule has 0 radical (unpaired) electrons. The number of amides is 1. The van der Waals surface area contributed by atoms with E-state index < -0.39 is 0 Å². The van der Waals surface area contributed by atoms with E-state index in [0.717, 1.165) is 38.2 Å². The first-order chi connectivity index (χ1) is 9.58. The zero-order valence-corrected chi connectivity index (χ0v) is 12.7. The summed E-state index contributed by atoms with van der Waals surface area (Å²) in [6.07, 6.45) is 4.00. The molecule has 2 heterocycles. The molecule has 0 aromatic carbocycles. The van der Waals surface area contributed by atoms with Crippen LogP contribution in [0.3, 0.4) is 0 Å². The lowest BCUT2D eigenvalue weighted by molar-refractivity contribution is 0.0657. The molecule has 1 amide bonds. The Hall–Kier alpha value is -1.42. The molecule has 1 fully saturated rings. The first-order valence-corrected chi connectivity index (χ1v) is 7.52. The Morgan fingerprint density at radius 3 is 2.65 bits per heavy atom. The summed E-state index contributed by atoms with van der Waals surface area (Å²) in [5.41, 5.74) is 1.63. The monoisotopic (exact) mass is 275 g/mol. The molecule has 1 aromatic heterocycles. The van der Waals surface area contributed by atoms with Gasteiger partial charge in [0.25, 0.3) is 5.91 Å². The Labute approximate surface area is 121 Å². The number of piperidine rings is 1. The van der Waals surface area contributed by atoms with Gasteiger partial charge in [0.2, 0.25) is 0 Å². The maximum atomic E-state index is 12.6. The fourth-order valence-electron chi connectivity index (χ4n) is 2.63. The Morgan fingerprint density at radius 1 is 1.40 bits per heavy atom. The highest BCUT2D eigenvalue weighted by Crippen LogP contribution is 2.17. The first-order valence-electron chi connectivity index (χ1n) is 7.52. The number of nitrogens with zero attached hydrogens (tertiary/aromatic N) is 2. The van der Waals surface area contributed by atoms with Crippen molar-refractivity contribution in [3.8, 4) is 0 Å². The van der Waals surface area contributed by atoms with Crippen LogP contribution in [0.4, 0.5) is 0 Å². The smallest absolute Gasteiger partial charge is 0.255 e. The molecule has 0 aliphatic carbocycles. The van der Waals surface area contributed by atoms with Crippen molar-refractivity contribution in [2.75, 3.05) is 19.6 Å². The van der Waals surface area contributed by atoms with E-state index in [9.17, 15) is 4.79 Å². The summed E-state index contributed by atoms with van der Waals surface area (Å²) in [7, 11) is 0. The molecule has 4 nitrogen and oxygen atoms in total. The summed E-state index contributed by atoms with van der Waals surface area (Å²) in [4.78, 5) is 18.9. The molecule has 1 saturated heterocycles. The maximum Gasteiger partial charge on any atom is 0.255 e. The van der Waals surface area contributed by atoms with Crippen LogP contribution in [0.25, 0.3) is 0 Å². The Balaban J connectivity index is 2.07. The van der Waals surface area contributed by atoms with Gasteiger partial charge in [0.05, 0.1) is 5.56 Å². The standard InChI is InChI=1S/C16H25N3O/c1-12(2)19(11-14-6-8-17-9-7-14)16(20)15-5-4-13(3)18-10-15/h4-5,10,12,14,17H,6-9,11H2,1-3H3. The van der Waals surface area contributed by atoms with Crippen molar-refractivity contribution in [2.45, 2.75) is 39.7 Å². The van der Waals surface area contributed by atoms with E-state index >= 15 is 0 Å². The number of pyridine rings is 1. The van der Waals surface area contributed by atoms with E-state index in [1.807, 2.05) is 24.0 Å². The summed E-state index contributed by atoms with van der Waals surface area (Å²) in [6.45, 7) is 9.09. The fourth-order valence-corrected chi connectivity index (χ4v) is 2.63.